The maximum Gasteiger partial charge on any atom is 0.451 e. The van der Waals surface area contributed by atoms with E-state index in [9.17, 15) is 22.8 Å². The highest BCUT2D eigenvalue weighted by Crippen LogP contribution is 2.35. The Morgan fingerprint density at radius 1 is 1.13 bits per heavy atom. The van der Waals surface area contributed by atoms with Crippen molar-refractivity contribution in [1.29, 1.82) is 0 Å². The SMILES string of the molecule is CCOC(=O)C(C)(C(=O)C(F)(F)F)c1ccc2nccnc2c1. The molecule has 2 aromatic rings. The van der Waals surface area contributed by atoms with Crippen molar-refractivity contribution in [1.82, 2.24) is 9.97 Å². The summed E-state index contributed by atoms with van der Waals surface area (Å²) in [4.78, 5) is 32.0. The zero-order chi connectivity index (χ0) is 17.3. The summed E-state index contributed by atoms with van der Waals surface area (Å²) in [5, 5.41) is 0. The van der Waals surface area contributed by atoms with Crippen LogP contribution in [0.3, 0.4) is 0 Å². The highest BCUT2D eigenvalue weighted by atomic mass is 19.4. The lowest BCUT2D eigenvalue weighted by Gasteiger charge is -2.27. The Hall–Kier alpha value is -2.51. The highest BCUT2D eigenvalue weighted by Gasteiger charge is 2.56. The third kappa shape index (κ3) is 3.01. The number of aromatic nitrogens is 2. The summed E-state index contributed by atoms with van der Waals surface area (Å²) < 4.78 is 43.6. The predicted molar refractivity (Wildman–Crippen MR) is 74.6 cm³/mol. The van der Waals surface area contributed by atoms with Gasteiger partial charge in [-0.3, -0.25) is 19.6 Å². The number of Topliss-reactive ketones (excluding diaryl/α,β-unsaturated/α-hetero) is 1. The third-order valence-electron chi connectivity index (χ3n) is 3.44. The first-order chi connectivity index (χ1) is 10.7. The fourth-order valence-electron chi connectivity index (χ4n) is 2.17. The monoisotopic (exact) mass is 326 g/mol. The van der Waals surface area contributed by atoms with Crippen LogP contribution in [0.5, 0.6) is 0 Å². The fraction of sp³-hybridized carbons (Fsp3) is 0.333. The van der Waals surface area contributed by atoms with Crippen LogP contribution < -0.4 is 0 Å². The van der Waals surface area contributed by atoms with Crippen molar-refractivity contribution < 1.29 is 27.5 Å². The zero-order valence-electron chi connectivity index (χ0n) is 12.3. The van der Waals surface area contributed by atoms with Gasteiger partial charge in [0.1, 0.15) is 0 Å². The Kier molecular flexibility index (Phi) is 4.35. The molecule has 23 heavy (non-hydrogen) atoms. The lowest BCUT2D eigenvalue weighted by Crippen LogP contribution is -2.48. The molecule has 0 aliphatic carbocycles. The first kappa shape index (κ1) is 16.9. The molecule has 5 nitrogen and oxygen atoms in total. The average molecular weight is 326 g/mol. The first-order valence-electron chi connectivity index (χ1n) is 6.71. The van der Waals surface area contributed by atoms with Gasteiger partial charge in [0, 0.05) is 12.4 Å². The molecule has 1 unspecified atom stereocenters. The molecule has 0 radical (unpaired) electrons. The molecular formula is C15H13F3N2O3. The fourth-order valence-corrected chi connectivity index (χ4v) is 2.17. The summed E-state index contributed by atoms with van der Waals surface area (Å²) in [6.45, 7) is 2.20. The summed E-state index contributed by atoms with van der Waals surface area (Å²) in [5.74, 6) is -3.45. The number of alkyl halides is 3. The first-order valence-corrected chi connectivity index (χ1v) is 6.71. The molecule has 0 amide bonds. The van der Waals surface area contributed by atoms with Gasteiger partial charge in [-0.25, -0.2) is 0 Å². The summed E-state index contributed by atoms with van der Waals surface area (Å²) in [5.41, 5.74) is -1.94. The molecule has 1 atom stereocenters. The molecule has 0 aliphatic rings. The number of benzene rings is 1. The lowest BCUT2D eigenvalue weighted by atomic mass is 9.78. The zero-order valence-corrected chi connectivity index (χ0v) is 12.3. The van der Waals surface area contributed by atoms with Crippen molar-refractivity contribution >= 4 is 22.8 Å². The van der Waals surface area contributed by atoms with E-state index in [0.29, 0.717) is 5.52 Å². The number of carbonyl (C=O) groups is 2. The molecule has 0 saturated heterocycles. The van der Waals surface area contributed by atoms with E-state index in [-0.39, 0.29) is 17.7 Å². The van der Waals surface area contributed by atoms with E-state index in [1.807, 2.05) is 0 Å². The number of ketones is 1. The number of ether oxygens (including phenoxy) is 1. The van der Waals surface area contributed by atoms with Gasteiger partial charge in [0.2, 0.25) is 0 Å². The Bertz CT molecular complexity index is 761. The van der Waals surface area contributed by atoms with Gasteiger partial charge in [-0.1, -0.05) is 6.07 Å². The van der Waals surface area contributed by atoms with E-state index < -0.39 is 23.3 Å². The third-order valence-corrected chi connectivity index (χ3v) is 3.44. The number of nitrogens with zero attached hydrogens (tertiary/aromatic N) is 2. The molecule has 1 aromatic carbocycles. The minimum Gasteiger partial charge on any atom is -0.465 e. The van der Waals surface area contributed by atoms with E-state index in [0.717, 1.165) is 6.92 Å². The van der Waals surface area contributed by atoms with Gasteiger partial charge in [-0.05, 0) is 31.5 Å². The van der Waals surface area contributed by atoms with Crippen molar-refractivity contribution in [2.75, 3.05) is 6.61 Å². The Morgan fingerprint density at radius 3 is 2.30 bits per heavy atom. The molecule has 1 heterocycles. The summed E-state index contributed by atoms with van der Waals surface area (Å²) >= 11 is 0. The Labute approximate surface area is 129 Å². The summed E-state index contributed by atoms with van der Waals surface area (Å²) in [7, 11) is 0. The summed E-state index contributed by atoms with van der Waals surface area (Å²) in [6.07, 6.45) is -2.40. The van der Waals surface area contributed by atoms with E-state index in [1.54, 1.807) is 0 Å². The van der Waals surface area contributed by atoms with Crippen molar-refractivity contribution in [3.63, 3.8) is 0 Å². The molecule has 0 N–H and O–H groups in total. The van der Waals surface area contributed by atoms with Gasteiger partial charge in [0.15, 0.2) is 5.41 Å². The largest absolute Gasteiger partial charge is 0.465 e. The summed E-state index contributed by atoms with van der Waals surface area (Å²) in [6, 6.07) is 3.89. The number of hydrogen-bond acceptors (Lipinski definition) is 5. The molecular weight excluding hydrogens is 313 g/mol. The van der Waals surface area contributed by atoms with E-state index >= 15 is 0 Å². The van der Waals surface area contributed by atoms with E-state index in [4.69, 9.17) is 4.74 Å². The van der Waals surface area contributed by atoms with Crippen molar-refractivity contribution in [2.24, 2.45) is 0 Å². The van der Waals surface area contributed by atoms with E-state index in [1.165, 1.54) is 37.5 Å². The van der Waals surface area contributed by atoms with Crippen molar-refractivity contribution in [3.8, 4) is 0 Å². The molecule has 122 valence electrons. The van der Waals surface area contributed by atoms with Gasteiger partial charge in [-0.15, -0.1) is 0 Å². The topological polar surface area (TPSA) is 69.2 Å². The standard InChI is InChI=1S/C15H13F3N2O3/c1-3-23-13(22)14(2,12(21)15(16,17)18)9-4-5-10-11(8-9)20-7-6-19-10/h4-8H,3H2,1-2H3. The maximum absolute atomic E-state index is 13.0. The van der Waals surface area contributed by atoms with Crippen LogP contribution in [0.1, 0.15) is 19.4 Å². The van der Waals surface area contributed by atoms with Crippen LogP contribution >= 0.6 is 0 Å². The molecule has 0 spiro atoms. The molecule has 0 bridgehead atoms. The number of hydrogen-bond donors (Lipinski definition) is 0. The Morgan fingerprint density at radius 2 is 1.74 bits per heavy atom. The molecule has 0 fully saturated rings. The minimum absolute atomic E-state index is 0.146. The van der Waals surface area contributed by atoms with Gasteiger partial charge in [0.05, 0.1) is 17.6 Å². The molecule has 0 saturated carbocycles. The molecule has 0 aliphatic heterocycles. The van der Waals surface area contributed by atoms with Crippen molar-refractivity contribution in [3.05, 3.63) is 36.2 Å². The van der Waals surface area contributed by atoms with Crippen LogP contribution in [-0.2, 0) is 19.7 Å². The van der Waals surface area contributed by atoms with Crippen LogP contribution in [0.15, 0.2) is 30.6 Å². The molecule has 1 aromatic heterocycles. The predicted octanol–water partition coefficient (Wildman–Crippen LogP) is 2.58. The van der Waals surface area contributed by atoms with Gasteiger partial charge in [-0.2, -0.15) is 13.2 Å². The van der Waals surface area contributed by atoms with Crippen LogP contribution in [0.4, 0.5) is 13.2 Å². The number of fused-ring (bicyclic) bond motifs is 1. The second-order valence-corrected chi connectivity index (χ2v) is 4.93. The van der Waals surface area contributed by atoms with Crippen LogP contribution in [-0.4, -0.2) is 34.5 Å². The molecule has 2 rings (SSSR count). The Balaban J connectivity index is 2.64. The van der Waals surface area contributed by atoms with Crippen molar-refractivity contribution in [2.45, 2.75) is 25.4 Å². The number of halogens is 3. The van der Waals surface area contributed by atoms with Gasteiger partial charge < -0.3 is 4.74 Å². The second kappa shape index (κ2) is 5.94. The van der Waals surface area contributed by atoms with Crippen LogP contribution in [0.2, 0.25) is 0 Å². The van der Waals surface area contributed by atoms with Gasteiger partial charge >= 0.3 is 12.1 Å². The van der Waals surface area contributed by atoms with E-state index in [2.05, 4.69) is 9.97 Å². The highest BCUT2D eigenvalue weighted by molar-refractivity contribution is 6.11. The van der Waals surface area contributed by atoms with Gasteiger partial charge in [0.25, 0.3) is 5.78 Å². The number of rotatable bonds is 4. The minimum atomic E-state index is -5.18. The van der Waals surface area contributed by atoms with Crippen LogP contribution in [0.25, 0.3) is 11.0 Å². The smallest absolute Gasteiger partial charge is 0.451 e. The number of carbonyl (C=O) groups excluding carboxylic acids is 2. The lowest BCUT2D eigenvalue weighted by molar-refractivity contribution is -0.182. The number of esters is 1. The quantitative estimate of drug-likeness (QED) is 0.638. The maximum atomic E-state index is 13.0. The second-order valence-electron chi connectivity index (χ2n) is 4.93. The molecule has 8 heteroatoms. The van der Waals surface area contributed by atoms with Crippen LogP contribution in [0, 0.1) is 0 Å². The normalized spacial score (nSPS) is 14.3. The average Bonchev–Trinajstić information content (AvgIpc) is 2.52.